The standard InChI is InChI=1S/C38H78NO6P/c1-6-8-10-12-14-16-18-20-22-24-26-28-30-33-42-37(3)38(36-45-46(40,41)44-35-32-39(4)5)43-34-31-29-27-25-23-21-19-17-15-13-11-9-7-2/h38H,3,6-36H2,1-2,4-5H3,(H,40,41). The van der Waals surface area contributed by atoms with Gasteiger partial charge in [0.2, 0.25) is 0 Å². The fourth-order valence-corrected chi connectivity index (χ4v) is 6.24. The predicted molar refractivity (Wildman–Crippen MR) is 197 cm³/mol. The Balaban J connectivity index is 4.20. The first-order valence-corrected chi connectivity index (χ1v) is 21.0. The summed E-state index contributed by atoms with van der Waals surface area (Å²) in [6.07, 6.45) is 33.2. The van der Waals surface area contributed by atoms with Gasteiger partial charge in [-0.2, -0.15) is 0 Å². The molecule has 0 rings (SSSR count). The average Bonchev–Trinajstić information content (AvgIpc) is 3.02. The summed E-state index contributed by atoms with van der Waals surface area (Å²) in [5.74, 6) is 0.460. The van der Waals surface area contributed by atoms with Gasteiger partial charge in [0.05, 0.1) is 19.8 Å². The van der Waals surface area contributed by atoms with Gasteiger partial charge in [0.25, 0.3) is 0 Å². The van der Waals surface area contributed by atoms with Gasteiger partial charge in [0.15, 0.2) is 0 Å². The summed E-state index contributed by atoms with van der Waals surface area (Å²) < 4.78 is 34.8. The largest absolute Gasteiger partial charge is 0.496 e. The number of unbranched alkanes of at least 4 members (excludes halogenated alkanes) is 24. The van der Waals surface area contributed by atoms with Crippen LogP contribution in [0.3, 0.4) is 0 Å². The Labute approximate surface area is 286 Å². The fourth-order valence-electron chi connectivity index (χ4n) is 5.53. The van der Waals surface area contributed by atoms with Gasteiger partial charge in [-0.1, -0.05) is 175 Å². The molecule has 8 heteroatoms. The van der Waals surface area contributed by atoms with Crippen LogP contribution in [-0.4, -0.2) is 63.0 Å². The Morgan fingerprint density at radius 1 is 0.587 bits per heavy atom. The Hall–Kier alpha value is -0.430. The van der Waals surface area contributed by atoms with Crippen molar-refractivity contribution in [3.05, 3.63) is 12.3 Å². The molecule has 0 aromatic rings. The molecule has 2 atom stereocenters. The molecule has 7 nitrogen and oxygen atoms in total. The summed E-state index contributed by atoms with van der Waals surface area (Å²) in [5, 5.41) is 0. The zero-order valence-electron chi connectivity index (χ0n) is 31.1. The number of hydrogen-bond acceptors (Lipinski definition) is 6. The monoisotopic (exact) mass is 676 g/mol. The third-order valence-corrected chi connectivity index (χ3v) is 9.63. The first-order chi connectivity index (χ1) is 22.3. The van der Waals surface area contributed by atoms with Crippen molar-refractivity contribution >= 4 is 7.82 Å². The normalized spacial score (nSPS) is 13.7. The SMILES string of the molecule is C=C(OCCCCCCCCCCCCCCC)C(COP(=O)(O)OCCN(C)C)OCCCCCCCCCCCCCCC. The van der Waals surface area contributed by atoms with Crippen LogP contribution in [0.1, 0.15) is 181 Å². The third kappa shape index (κ3) is 33.5. The number of nitrogens with zero attached hydrogens (tertiary/aromatic N) is 1. The van der Waals surface area contributed by atoms with Crippen molar-refractivity contribution < 1.29 is 28.0 Å². The van der Waals surface area contributed by atoms with Crippen molar-refractivity contribution in [1.82, 2.24) is 4.90 Å². The van der Waals surface area contributed by atoms with E-state index < -0.39 is 13.9 Å². The van der Waals surface area contributed by atoms with Crippen molar-refractivity contribution in [2.45, 2.75) is 187 Å². The van der Waals surface area contributed by atoms with Gasteiger partial charge in [-0.25, -0.2) is 4.57 Å². The summed E-state index contributed by atoms with van der Waals surface area (Å²) in [5.41, 5.74) is 0. The van der Waals surface area contributed by atoms with Crippen LogP contribution in [0, 0.1) is 0 Å². The Kier molecular flexibility index (Phi) is 34.1. The van der Waals surface area contributed by atoms with Crippen LogP contribution in [-0.2, 0) is 23.1 Å². The van der Waals surface area contributed by atoms with Gasteiger partial charge in [0, 0.05) is 13.2 Å². The van der Waals surface area contributed by atoms with Crippen LogP contribution >= 0.6 is 7.82 Å². The molecule has 0 saturated carbocycles. The molecule has 0 spiro atoms. The minimum Gasteiger partial charge on any atom is -0.496 e. The van der Waals surface area contributed by atoms with E-state index >= 15 is 0 Å². The Morgan fingerprint density at radius 2 is 0.957 bits per heavy atom. The molecule has 0 saturated heterocycles. The van der Waals surface area contributed by atoms with E-state index in [1.165, 1.54) is 141 Å². The number of rotatable bonds is 38. The third-order valence-electron chi connectivity index (χ3n) is 8.64. The van der Waals surface area contributed by atoms with Crippen molar-refractivity contribution in [2.24, 2.45) is 0 Å². The maximum absolute atomic E-state index is 12.4. The quantitative estimate of drug-likeness (QED) is 0.0396. The van der Waals surface area contributed by atoms with Crippen molar-refractivity contribution in [3.8, 4) is 0 Å². The molecule has 0 aromatic carbocycles. The molecule has 276 valence electrons. The van der Waals surface area contributed by atoms with Gasteiger partial charge in [-0.05, 0) is 26.9 Å². The summed E-state index contributed by atoms with van der Waals surface area (Å²) in [6, 6.07) is 0. The van der Waals surface area contributed by atoms with E-state index in [1.807, 2.05) is 19.0 Å². The number of hydrogen-bond donors (Lipinski definition) is 1. The van der Waals surface area contributed by atoms with Crippen LogP contribution in [0.15, 0.2) is 12.3 Å². The van der Waals surface area contributed by atoms with Gasteiger partial charge >= 0.3 is 7.82 Å². The number of phosphoric acid groups is 1. The van der Waals surface area contributed by atoms with Crippen LogP contribution < -0.4 is 0 Å². The highest BCUT2D eigenvalue weighted by atomic mass is 31.2. The molecule has 0 aliphatic carbocycles. The van der Waals surface area contributed by atoms with E-state index in [9.17, 15) is 9.46 Å². The first-order valence-electron chi connectivity index (χ1n) is 19.5. The number of likely N-dealkylation sites (N-methyl/N-ethyl adjacent to an activating group) is 1. The van der Waals surface area contributed by atoms with E-state index in [1.54, 1.807) is 0 Å². The fraction of sp³-hybridized carbons (Fsp3) is 0.947. The molecule has 0 aromatic heterocycles. The molecule has 46 heavy (non-hydrogen) atoms. The van der Waals surface area contributed by atoms with Crippen LogP contribution in [0.2, 0.25) is 0 Å². The number of phosphoric ester groups is 1. The van der Waals surface area contributed by atoms with Gasteiger partial charge < -0.3 is 19.3 Å². The lowest BCUT2D eigenvalue weighted by Crippen LogP contribution is -2.24. The smallest absolute Gasteiger partial charge is 0.472 e. The zero-order chi connectivity index (χ0) is 34.0. The van der Waals surface area contributed by atoms with Crippen LogP contribution in [0.5, 0.6) is 0 Å². The molecule has 0 fully saturated rings. The van der Waals surface area contributed by atoms with Gasteiger partial charge in [-0.15, -0.1) is 0 Å². The van der Waals surface area contributed by atoms with E-state index in [4.69, 9.17) is 18.5 Å². The molecule has 0 amide bonds. The Morgan fingerprint density at radius 3 is 1.35 bits per heavy atom. The van der Waals surface area contributed by atoms with Gasteiger partial charge in [-0.3, -0.25) is 9.05 Å². The van der Waals surface area contributed by atoms with E-state index in [2.05, 4.69) is 20.4 Å². The summed E-state index contributed by atoms with van der Waals surface area (Å²) in [4.78, 5) is 12.0. The molecule has 0 heterocycles. The van der Waals surface area contributed by atoms with Crippen molar-refractivity contribution in [1.29, 1.82) is 0 Å². The average molecular weight is 676 g/mol. The highest BCUT2D eigenvalue weighted by Crippen LogP contribution is 2.43. The van der Waals surface area contributed by atoms with E-state index in [0.717, 1.165) is 25.7 Å². The Bertz CT molecular complexity index is 692. The van der Waals surface area contributed by atoms with E-state index in [-0.39, 0.29) is 13.2 Å². The highest BCUT2D eigenvalue weighted by molar-refractivity contribution is 7.47. The van der Waals surface area contributed by atoms with Crippen molar-refractivity contribution in [2.75, 3.05) is 47.1 Å². The topological polar surface area (TPSA) is 77.5 Å². The van der Waals surface area contributed by atoms with Crippen LogP contribution in [0.25, 0.3) is 0 Å². The molecule has 0 aliphatic heterocycles. The summed E-state index contributed by atoms with van der Waals surface area (Å²) in [6.45, 7) is 10.3. The first kappa shape index (κ1) is 45.6. The lowest BCUT2D eigenvalue weighted by molar-refractivity contribution is -0.00678. The van der Waals surface area contributed by atoms with E-state index in [0.29, 0.717) is 25.5 Å². The minimum atomic E-state index is -4.18. The summed E-state index contributed by atoms with van der Waals surface area (Å²) in [7, 11) is -0.420. The second-order valence-corrected chi connectivity index (χ2v) is 15.0. The summed E-state index contributed by atoms with van der Waals surface area (Å²) >= 11 is 0. The lowest BCUT2D eigenvalue weighted by atomic mass is 10.0. The molecule has 1 N–H and O–H groups in total. The molecule has 0 radical (unpaired) electrons. The maximum Gasteiger partial charge on any atom is 0.472 e. The maximum atomic E-state index is 12.4. The molecule has 2 unspecified atom stereocenters. The zero-order valence-corrected chi connectivity index (χ0v) is 32.0. The minimum absolute atomic E-state index is 0.113. The molecule has 0 bridgehead atoms. The highest BCUT2D eigenvalue weighted by Gasteiger charge is 2.25. The van der Waals surface area contributed by atoms with Crippen molar-refractivity contribution in [3.63, 3.8) is 0 Å². The number of ether oxygens (including phenoxy) is 2. The molecule has 0 aliphatic rings. The second kappa shape index (κ2) is 34.4. The van der Waals surface area contributed by atoms with Gasteiger partial charge in [0.1, 0.15) is 11.9 Å². The second-order valence-electron chi connectivity index (χ2n) is 13.6. The lowest BCUT2D eigenvalue weighted by Gasteiger charge is -2.22. The molecular weight excluding hydrogens is 597 g/mol. The van der Waals surface area contributed by atoms with Crippen LogP contribution in [0.4, 0.5) is 0 Å². The predicted octanol–water partition coefficient (Wildman–Crippen LogP) is 11.8. The molecular formula is C38H78NO6P.